The summed E-state index contributed by atoms with van der Waals surface area (Å²) in [6.45, 7) is 3.62. The summed E-state index contributed by atoms with van der Waals surface area (Å²) in [4.78, 5) is 11.7. The van der Waals surface area contributed by atoms with Crippen molar-refractivity contribution in [3.63, 3.8) is 0 Å². The molecule has 0 saturated heterocycles. The van der Waals surface area contributed by atoms with Crippen LogP contribution < -0.4 is 4.74 Å². The monoisotopic (exact) mass is 286 g/mol. The topological polar surface area (TPSA) is 35.5 Å². The van der Waals surface area contributed by atoms with Crippen molar-refractivity contribution in [2.24, 2.45) is 0 Å². The van der Waals surface area contributed by atoms with E-state index in [0.717, 1.165) is 10.0 Å². The van der Waals surface area contributed by atoms with E-state index >= 15 is 0 Å². The Balaban J connectivity index is 3.26. The maximum atomic E-state index is 11.7. The van der Waals surface area contributed by atoms with Crippen LogP contribution in [0.25, 0.3) is 0 Å². The Labute approximate surface area is 104 Å². The first kappa shape index (κ1) is 13.0. The Morgan fingerprint density at radius 3 is 2.44 bits per heavy atom. The third kappa shape index (κ3) is 2.38. The number of methoxy groups -OCH3 is 2. The molecule has 0 amide bonds. The molecule has 0 aliphatic rings. The van der Waals surface area contributed by atoms with Gasteiger partial charge in [0.15, 0.2) is 0 Å². The predicted octanol–water partition coefficient (Wildman–Crippen LogP) is 2.91. The molecule has 0 radical (unpaired) electrons. The molecule has 0 N–H and O–H groups in total. The van der Waals surface area contributed by atoms with Crippen molar-refractivity contribution < 1.29 is 14.3 Å². The van der Waals surface area contributed by atoms with Crippen molar-refractivity contribution in [2.45, 2.75) is 19.3 Å². The van der Waals surface area contributed by atoms with Gasteiger partial charge in [0, 0.05) is 10.0 Å². The molecule has 3 nitrogen and oxygen atoms in total. The van der Waals surface area contributed by atoms with Gasteiger partial charge < -0.3 is 9.47 Å². The minimum absolute atomic E-state index is 0.284. The van der Waals surface area contributed by atoms with Gasteiger partial charge >= 0.3 is 5.97 Å². The molecular weight excluding hydrogens is 272 g/mol. The van der Waals surface area contributed by atoms with E-state index in [4.69, 9.17) is 9.47 Å². The highest BCUT2D eigenvalue weighted by atomic mass is 79.9. The van der Waals surface area contributed by atoms with Crippen molar-refractivity contribution in [2.75, 3.05) is 14.2 Å². The zero-order chi connectivity index (χ0) is 12.3. The molecule has 0 unspecified atom stereocenters. The molecular formula is C12H15BrO3. The van der Waals surface area contributed by atoms with Crippen LogP contribution in [0.3, 0.4) is 0 Å². The molecule has 0 atom stereocenters. The molecule has 1 aromatic carbocycles. The summed E-state index contributed by atoms with van der Waals surface area (Å²) in [6, 6.07) is 5.57. The first-order valence-electron chi connectivity index (χ1n) is 4.86. The highest BCUT2D eigenvalue weighted by molar-refractivity contribution is 9.10. The molecule has 0 saturated carbocycles. The number of carbonyl (C=O) groups is 1. The van der Waals surface area contributed by atoms with Gasteiger partial charge in [-0.15, -0.1) is 0 Å². The van der Waals surface area contributed by atoms with Gasteiger partial charge in [-0.3, -0.25) is 4.79 Å². The molecule has 0 spiro atoms. The van der Waals surface area contributed by atoms with Crippen LogP contribution in [0, 0.1) is 0 Å². The molecule has 0 aromatic heterocycles. The summed E-state index contributed by atoms with van der Waals surface area (Å²) in [5.41, 5.74) is 0.0888. The summed E-state index contributed by atoms with van der Waals surface area (Å²) in [5.74, 6) is 0.387. The van der Waals surface area contributed by atoms with Gasteiger partial charge in [0.1, 0.15) is 5.75 Å². The SMILES string of the molecule is COC(=O)C(C)(C)c1ccc(Br)cc1OC. The number of hydrogen-bond acceptors (Lipinski definition) is 3. The van der Waals surface area contributed by atoms with E-state index in [1.807, 2.05) is 32.0 Å². The average molecular weight is 287 g/mol. The zero-order valence-corrected chi connectivity index (χ0v) is 11.4. The summed E-state index contributed by atoms with van der Waals surface area (Å²) < 4.78 is 11.0. The number of benzene rings is 1. The molecule has 1 rings (SSSR count). The predicted molar refractivity (Wildman–Crippen MR) is 65.7 cm³/mol. The summed E-state index contributed by atoms with van der Waals surface area (Å²) in [6.07, 6.45) is 0. The number of rotatable bonds is 3. The molecule has 0 fully saturated rings. The summed E-state index contributed by atoms with van der Waals surface area (Å²) in [7, 11) is 2.97. The van der Waals surface area contributed by atoms with Crippen LogP contribution in [-0.4, -0.2) is 20.2 Å². The minimum atomic E-state index is -0.721. The lowest BCUT2D eigenvalue weighted by atomic mass is 9.84. The highest BCUT2D eigenvalue weighted by Crippen LogP contribution is 2.34. The van der Waals surface area contributed by atoms with E-state index in [0.29, 0.717) is 5.75 Å². The maximum absolute atomic E-state index is 11.7. The fourth-order valence-corrected chi connectivity index (χ4v) is 1.89. The number of carbonyl (C=O) groups excluding carboxylic acids is 1. The van der Waals surface area contributed by atoms with Gasteiger partial charge in [-0.1, -0.05) is 22.0 Å². The molecule has 0 bridgehead atoms. The Morgan fingerprint density at radius 1 is 1.31 bits per heavy atom. The van der Waals surface area contributed by atoms with E-state index in [9.17, 15) is 4.79 Å². The van der Waals surface area contributed by atoms with Gasteiger partial charge in [-0.25, -0.2) is 0 Å². The standard InChI is InChI=1S/C12H15BrO3/c1-12(2,11(14)16-4)9-6-5-8(13)7-10(9)15-3/h5-7H,1-4H3. The van der Waals surface area contributed by atoms with Gasteiger partial charge in [-0.05, 0) is 26.0 Å². The van der Waals surface area contributed by atoms with Crippen molar-refractivity contribution in [3.05, 3.63) is 28.2 Å². The normalized spacial score (nSPS) is 11.1. The molecule has 88 valence electrons. The Hall–Kier alpha value is -1.03. The van der Waals surface area contributed by atoms with Crippen molar-refractivity contribution in [1.29, 1.82) is 0 Å². The lowest BCUT2D eigenvalue weighted by Crippen LogP contribution is -2.30. The molecule has 16 heavy (non-hydrogen) atoms. The Kier molecular flexibility index (Phi) is 3.97. The van der Waals surface area contributed by atoms with Gasteiger partial charge in [-0.2, -0.15) is 0 Å². The molecule has 0 aliphatic heterocycles. The number of esters is 1. The average Bonchev–Trinajstić information content (AvgIpc) is 2.27. The minimum Gasteiger partial charge on any atom is -0.496 e. The van der Waals surface area contributed by atoms with Crippen molar-refractivity contribution >= 4 is 21.9 Å². The van der Waals surface area contributed by atoms with E-state index in [1.54, 1.807) is 7.11 Å². The maximum Gasteiger partial charge on any atom is 0.315 e. The lowest BCUT2D eigenvalue weighted by molar-refractivity contribution is -0.146. The van der Waals surface area contributed by atoms with Gasteiger partial charge in [0.2, 0.25) is 0 Å². The van der Waals surface area contributed by atoms with E-state index in [-0.39, 0.29) is 5.97 Å². The second-order valence-electron chi connectivity index (χ2n) is 3.96. The molecule has 4 heteroatoms. The summed E-state index contributed by atoms with van der Waals surface area (Å²) >= 11 is 3.36. The third-order valence-electron chi connectivity index (χ3n) is 2.53. The van der Waals surface area contributed by atoms with Crippen LogP contribution in [-0.2, 0) is 14.9 Å². The largest absolute Gasteiger partial charge is 0.496 e. The number of hydrogen-bond donors (Lipinski definition) is 0. The highest BCUT2D eigenvalue weighted by Gasteiger charge is 2.33. The van der Waals surface area contributed by atoms with Crippen LogP contribution in [0.2, 0.25) is 0 Å². The number of ether oxygens (including phenoxy) is 2. The summed E-state index contributed by atoms with van der Waals surface area (Å²) in [5, 5.41) is 0. The van der Waals surface area contributed by atoms with E-state index < -0.39 is 5.41 Å². The van der Waals surface area contributed by atoms with Crippen molar-refractivity contribution in [3.8, 4) is 5.75 Å². The van der Waals surface area contributed by atoms with Crippen molar-refractivity contribution in [1.82, 2.24) is 0 Å². The first-order chi connectivity index (χ1) is 7.43. The first-order valence-corrected chi connectivity index (χ1v) is 5.65. The molecule has 0 aliphatic carbocycles. The van der Waals surface area contributed by atoms with Crippen LogP contribution in [0.1, 0.15) is 19.4 Å². The van der Waals surface area contributed by atoms with Crippen LogP contribution in [0.5, 0.6) is 5.75 Å². The third-order valence-corrected chi connectivity index (χ3v) is 3.03. The smallest absolute Gasteiger partial charge is 0.315 e. The zero-order valence-electron chi connectivity index (χ0n) is 9.83. The quantitative estimate of drug-likeness (QED) is 0.802. The van der Waals surface area contributed by atoms with Crippen LogP contribution in [0.15, 0.2) is 22.7 Å². The number of halogens is 1. The Morgan fingerprint density at radius 2 is 1.94 bits per heavy atom. The lowest BCUT2D eigenvalue weighted by Gasteiger charge is -2.24. The van der Waals surface area contributed by atoms with Gasteiger partial charge in [0.25, 0.3) is 0 Å². The van der Waals surface area contributed by atoms with Gasteiger partial charge in [0.05, 0.1) is 19.6 Å². The van der Waals surface area contributed by atoms with Crippen LogP contribution in [0.4, 0.5) is 0 Å². The molecule has 0 heterocycles. The Bertz CT molecular complexity index is 399. The fraction of sp³-hybridized carbons (Fsp3) is 0.417. The van der Waals surface area contributed by atoms with E-state index in [2.05, 4.69) is 15.9 Å². The van der Waals surface area contributed by atoms with Crippen LogP contribution >= 0.6 is 15.9 Å². The second kappa shape index (κ2) is 4.87. The molecule has 1 aromatic rings. The second-order valence-corrected chi connectivity index (χ2v) is 4.88. The van der Waals surface area contributed by atoms with E-state index in [1.165, 1.54) is 7.11 Å². The fourth-order valence-electron chi connectivity index (χ4n) is 1.55.